The molecule has 0 bridgehead atoms. The number of carbonyl (C=O) groups is 1. The van der Waals surface area contributed by atoms with Crippen molar-refractivity contribution < 1.29 is 35.7 Å². The summed E-state index contributed by atoms with van der Waals surface area (Å²) in [6, 6.07) is 6.82. The first-order chi connectivity index (χ1) is 16.9. The molecule has 3 aromatic heterocycles. The Bertz CT molecular complexity index is 1390. The molecule has 0 aliphatic rings. The number of alkyl halides is 6. The Labute approximate surface area is 199 Å². The molecule has 188 valence electrons. The molecule has 36 heavy (non-hydrogen) atoms. The van der Waals surface area contributed by atoms with E-state index in [-0.39, 0.29) is 28.9 Å². The van der Waals surface area contributed by atoms with Crippen LogP contribution >= 0.6 is 0 Å². The number of aromatic nitrogens is 4. The summed E-state index contributed by atoms with van der Waals surface area (Å²) >= 11 is 0. The van der Waals surface area contributed by atoms with E-state index in [0.717, 1.165) is 6.07 Å². The third-order valence-electron chi connectivity index (χ3n) is 5.46. The van der Waals surface area contributed by atoms with Crippen LogP contribution in [-0.2, 0) is 12.4 Å². The van der Waals surface area contributed by atoms with E-state index in [0.29, 0.717) is 11.8 Å². The minimum absolute atomic E-state index is 0.0713. The van der Waals surface area contributed by atoms with Gasteiger partial charge in [-0.05, 0) is 43.7 Å². The molecule has 1 amide bonds. The van der Waals surface area contributed by atoms with Crippen molar-refractivity contribution in [2.45, 2.75) is 32.2 Å². The molecular formula is C23H17F6N5O2. The second kappa shape index (κ2) is 9.13. The van der Waals surface area contributed by atoms with Gasteiger partial charge in [-0.3, -0.25) is 14.5 Å². The number of halogens is 6. The number of benzene rings is 1. The van der Waals surface area contributed by atoms with Gasteiger partial charge in [0.25, 0.3) is 5.91 Å². The van der Waals surface area contributed by atoms with Crippen molar-refractivity contribution in [1.29, 1.82) is 0 Å². The van der Waals surface area contributed by atoms with Gasteiger partial charge < -0.3 is 9.84 Å². The van der Waals surface area contributed by atoms with Crippen molar-refractivity contribution >= 4 is 11.6 Å². The van der Waals surface area contributed by atoms with Crippen LogP contribution in [0, 0.1) is 6.92 Å². The molecule has 0 spiro atoms. The highest BCUT2D eigenvalue weighted by Gasteiger charge is 2.39. The van der Waals surface area contributed by atoms with Crippen LogP contribution in [0.3, 0.4) is 0 Å². The van der Waals surface area contributed by atoms with Gasteiger partial charge in [0.1, 0.15) is 5.69 Å². The average Bonchev–Trinajstić information content (AvgIpc) is 3.45. The van der Waals surface area contributed by atoms with E-state index in [1.807, 2.05) is 0 Å². The first kappa shape index (κ1) is 24.9. The van der Waals surface area contributed by atoms with Gasteiger partial charge >= 0.3 is 12.4 Å². The molecule has 0 radical (unpaired) electrons. The minimum Gasteiger partial charge on any atom is -0.354 e. The Morgan fingerprint density at radius 1 is 1.06 bits per heavy atom. The summed E-state index contributed by atoms with van der Waals surface area (Å²) in [6.45, 7) is 2.86. The monoisotopic (exact) mass is 509 g/mol. The molecule has 7 nitrogen and oxygen atoms in total. The number of amides is 1. The first-order valence-corrected chi connectivity index (χ1v) is 10.4. The maximum absolute atomic E-state index is 13.6. The summed E-state index contributed by atoms with van der Waals surface area (Å²) in [5.74, 6) is -0.412. The van der Waals surface area contributed by atoms with Crippen molar-refractivity contribution in [3.8, 4) is 11.5 Å². The summed E-state index contributed by atoms with van der Waals surface area (Å²) in [7, 11) is 0. The molecule has 4 rings (SSSR count). The number of nitrogens with zero attached hydrogens (tertiary/aromatic N) is 4. The predicted octanol–water partition coefficient (Wildman–Crippen LogP) is 6.14. The molecule has 0 fully saturated rings. The van der Waals surface area contributed by atoms with E-state index in [2.05, 4.69) is 20.6 Å². The van der Waals surface area contributed by atoms with Crippen molar-refractivity contribution in [3.63, 3.8) is 0 Å². The van der Waals surface area contributed by atoms with E-state index < -0.39 is 41.0 Å². The lowest BCUT2D eigenvalue weighted by atomic mass is 9.98. The summed E-state index contributed by atoms with van der Waals surface area (Å²) in [6.07, 6.45) is -7.20. The fourth-order valence-electron chi connectivity index (χ4n) is 3.61. The van der Waals surface area contributed by atoms with E-state index >= 15 is 0 Å². The molecule has 0 unspecified atom stereocenters. The second-order valence-electron chi connectivity index (χ2n) is 7.81. The first-order valence-electron chi connectivity index (χ1n) is 10.4. The average molecular weight is 509 g/mol. The molecule has 0 aliphatic carbocycles. The smallest absolute Gasteiger partial charge is 0.354 e. The third-order valence-corrected chi connectivity index (χ3v) is 5.46. The zero-order valence-corrected chi connectivity index (χ0v) is 18.6. The summed E-state index contributed by atoms with van der Waals surface area (Å²) < 4.78 is 86.1. The maximum atomic E-state index is 13.6. The van der Waals surface area contributed by atoms with Crippen LogP contribution in [-0.4, -0.2) is 25.8 Å². The topological polar surface area (TPSA) is 85.8 Å². The predicted molar refractivity (Wildman–Crippen MR) is 115 cm³/mol. The van der Waals surface area contributed by atoms with Crippen LogP contribution in [0.2, 0.25) is 0 Å². The van der Waals surface area contributed by atoms with Gasteiger partial charge in [-0.2, -0.15) is 31.4 Å². The number of rotatable bonds is 5. The van der Waals surface area contributed by atoms with E-state index in [4.69, 9.17) is 4.52 Å². The minimum atomic E-state index is -5.03. The summed E-state index contributed by atoms with van der Waals surface area (Å²) in [5, 5.41) is 10.3. The van der Waals surface area contributed by atoms with Gasteiger partial charge in [0.2, 0.25) is 0 Å². The molecule has 0 saturated carbocycles. The van der Waals surface area contributed by atoms with Gasteiger partial charge in [0.05, 0.1) is 34.7 Å². The Balaban J connectivity index is 1.59. The molecule has 0 aliphatic heterocycles. The van der Waals surface area contributed by atoms with Gasteiger partial charge in [-0.15, -0.1) is 0 Å². The number of pyridine rings is 1. The fourth-order valence-corrected chi connectivity index (χ4v) is 3.61. The van der Waals surface area contributed by atoms with Crippen LogP contribution in [0.5, 0.6) is 0 Å². The number of hydrogen-bond donors (Lipinski definition) is 1. The van der Waals surface area contributed by atoms with Crippen molar-refractivity contribution in [2.24, 2.45) is 0 Å². The lowest BCUT2D eigenvalue weighted by molar-refractivity contribution is -0.143. The van der Waals surface area contributed by atoms with Gasteiger partial charge in [0, 0.05) is 12.3 Å². The summed E-state index contributed by atoms with van der Waals surface area (Å²) in [4.78, 5) is 16.7. The van der Waals surface area contributed by atoms with Crippen LogP contribution in [0.1, 0.15) is 45.8 Å². The van der Waals surface area contributed by atoms with Crippen molar-refractivity contribution in [2.75, 3.05) is 5.32 Å². The number of nitrogens with one attached hydrogen (secondary N) is 1. The zero-order chi connectivity index (χ0) is 26.3. The highest BCUT2D eigenvalue weighted by Crippen LogP contribution is 2.40. The number of carbonyl (C=O) groups excluding carboxylic acids is 1. The standard InChI is InChI=1S/C23H17F6N5O2/c1-12(15-7-6-14(22(24,25)26)9-16(15)23(27,28)29)34-13(2)19(11-31-34)32-21(35)18-10-20(36-33-18)17-5-3-4-8-30-17/h3-12H,1-2H3,(H,32,35)/t12-/m0/s1. The lowest BCUT2D eigenvalue weighted by Crippen LogP contribution is -2.19. The maximum Gasteiger partial charge on any atom is 0.416 e. The Hall–Kier alpha value is -4.16. The van der Waals surface area contributed by atoms with E-state index in [1.165, 1.54) is 37.0 Å². The highest BCUT2D eigenvalue weighted by atomic mass is 19.4. The Kier molecular flexibility index (Phi) is 6.33. The van der Waals surface area contributed by atoms with Crippen LogP contribution < -0.4 is 5.32 Å². The summed E-state index contributed by atoms with van der Waals surface area (Å²) in [5.41, 5.74) is -2.40. The number of hydrogen-bond acceptors (Lipinski definition) is 5. The Morgan fingerprint density at radius 3 is 2.44 bits per heavy atom. The van der Waals surface area contributed by atoms with Crippen molar-refractivity contribution in [3.05, 3.63) is 82.9 Å². The molecule has 0 saturated heterocycles. The SMILES string of the molecule is Cc1c(NC(=O)c2cc(-c3ccccn3)on2)cnn1[C@@H](C)c1ccc(C(F)(F)F)cc1C(F)(F)F. The van der Waals surface area contributed by atoms with Crippen LogP contribution in [0.15, 0.2) is 59.4 Å². The van der Waals surface area contributed by atoms with Crippen LogP contribution in [0.25, 0.3) is 11.5 Å². The van der Waals surface area contributed by atoms with Crippen LogP contribution in [0.4, 0.5) is 32.0 Å². The van der Waals surface area contributed by atoms with Gasteiger partial charge in [-0.25, -0.2) is 0 Å². The molecule has 4 aromatic rings. The molecule has 1 aromatic carbocycles. The number of anilines is 1. The third kappa shape index (κ3) is 4.95. The quantitative estimate of drug-likeness (QED) is 0.327. The lowest BCUT2D eigenvalue weighted by Gasteiger charge is -2.21. The van der Waals surface area contributed by atoms with Gasteiger partial charge in [0.15, 0.2) is 11.5 Å². The fraction of sp³-hybridized carbons (Fsp3) is 0.217. The second-order valence-corrected chi connectivity index (χ2v) is 7.81. The molecule has 13 heteroatoms. The molecular weight excluding hydrogens is 492 g/mol. The molecule has 3 heterocycles. The normalized spacial score (nSPS) is 13.0. The zero-order valence-electron chi connectivity index (χ0n) is 18.6. The largest absolute Gasteiger partial charge is 0.416 e. The highest BCUT2D eigenvalue weighted by molar-refractivity contribution is 6.03. The van der Waals surface area contributed by atoms with Gasteiger partial charge in [-0.1, -0.05) is 17.3 Å². The van der Waals surface area contributed by atoms with Crippen molar-refractivity contribution in [1.82, 2.24) is 19.9 Å². The van der Waals surface area contributed by atoms with E-state index in [9.17, 15) is 31.1 Å². The Morgan fingerprint density at radius 2 is 1.81 bits per heavy atom. The molecule has 1 atom stereocenters. The molecule has 1 N–H and O–H groups in total. The van der Waals surface area contributed by atoms with E-state index in [1.54, 1.807) is 18.2 Å².